The number of hydrogen-bond acceptors (Lipinski definition) is 8. The number of anilines is 1. The standard InChI is InChI=1S/C30H32N6O5S2/c1-2-41-25-14-12-23(13-15-25)32-28(37)21-42-30-34-33-27(36(30)24-8-4-3-5-9-24)20-31-29(38)22-10-16-26(17-11-22)43(39,40)35-18-6-7-19-35/h3-5,8-17H,2,6-7,18-21H2,1H3,(H,31,38)(H,32,37). The molecule has 0 radical (unpaired) electrons. The minimum Gasteiger partial charge on any atom is -0.494 e. The average molecular weight is 621 g/mol. The summed E-state index contributed by atoms with van der Waals surface area (Å²) in [6.45, 7) is 3.56. The van der Waals surface area contributed by atoms with Crippen molar-refractivity contribution in [2.75, 3.05) is 30.8 Å². The lowest BCUT2D eigenvalue weighted by molar-refractivity contribution is -0.113. The van der Waals surface area contributed by atoms with Crippen molar-refractivity contribution in [3.63, 3.8) is 0 Å². The first-order chi connectivity index (χ1) is 20.8. The molecule has 13 heteroatoms. The number of rotatable bonds is 12. The molecule has 3 aromatic carbocycles. The Bertz CT molecular complexity index is 1650. The number of ether oxygens (including phenoxy) is 1. The first-order valence-corrected chi connectivity index (χ1v) is 16.3. The highest BCUT2D eigenvalue weighted by atomic mass is 32.2. The Labute approximate surface area is 254 Å². The second-order valence-corrected chi connectivity index (χ2v) is 12.6. The van der Waals surface area contributed by atoms with Gasteiger partial charge in [-0.25, -0.2) is 8.42 Å². The Kier molecular flexibility index (Phi) is 9.75. The second-order valence-electron chi connectivity index (χ2n) is 9.68. The number of sulfonamides is 1. The van der Waals surface area contributed by atoms with E-state index < -0.39 is 10.0 Å². The summed E-state index contributed by atoms with van der Waals surface area (Å²) in [7, 11) is -3.56. The largest absolute Gasteiger partial charge is 0.494 e. The van der Waals surface area contributed by atoms with Crippen molar-refractivity contribution < 1.29 is 22.7 Å². The van der Waals surface area contributed by atoms with Crippen LogP contribution in [0.2, 0.25) is 0 Å². The molecule has 1 fully saturated rings. The van der Waals surface area contributed by atoms with Crippen LogP contribution >= 0.6 is 11.8 Å². The van der Waals surface area contributed by atoms with E-state index in [2.05, 4.69) is 20.8 Å². The van der Waals surface area contributed by atoms with Gasteiger partial charge in [-0.05, 0) is 80.4 Å². The molecule has 11 nitrogen and oxygen atoms in total. The number of para-hydroxylation sites is 1. The first-order valence-electron chi connectivity index (χ1n) is 13.9. The van der Waals surface area contributed by atoms with Gasteiger partial charge < -0.3 is 15.4 Å². The summed E-state index contributed by atoms with van der Waals surface area (Å²) in [5, 5.41) is 14.8. The highest BCUT2D eigenvalue weighted by Crippen LogP contribution is 2.24. The summed E-state index contributed by atoms with van der Waals surface area (Å²) in [6.07, 6.45) is 1.70. The molecule has 2 heterocycles. The van der Waals surface area contributed by atoms with Crippen LogP contribution in [0.25, 0.3) is 5.69 Å². The maximum Gasteiger partial charge on any atom is 0.251 e. The van der Waals surface area contributed by atoms with Crippen LogP contribution in [0.3, 0.4) is 0 Å². The SMILES string of the molecule is CCOc1ccc(NC(=O)CSc2nnc(CNC(=O)c3ccc(S(=O)(=O)N4CCCC4)cc3)n2-c2ccccc2)cc1. The summed E-state index contributed by atoms with van der Waals surface area (Å²) in [4.78, 5) is 25.8. The first kappa shape index (κ1) is 30.3. The summed E-state index contributed by atoms with van der Waals surface area (Å²) in [6, 6.07) is 22.5. The lowest BCUT2D eigenvalue weighted by Crippen LogP contribution is -2.28. The van der Waals surface area contributed by atoms with Gasteiger partial charge in [-0.3, -0.25) is 14.2 Å². The smallest absolute Gasteiger partial charge is 0.251 e. The van der Waals surface area contributed by atoms with E-state index in [9.17, 15) is 18.0 Å². The van der Waals surface area contributed by atoms with Gasteiger partial charge >= 0.3 is 0 Å². The minimum atomic E-state index is -3.56. The van der Waals surface area contributed by atoms with Gasteiger partial charge in [0, 0.05) is 30.0 Å². The predicted molar refractivity (Wildman–Crippen MR) is 164 cm³/mol. The van der Waals surface area contributed by atoms with E-state index in [-0.39, 0.29) is 29.0 Å². The molecule has 1 saturated heterocycles. The van der Waals surface area contributed by atoms with Crippen molar-refractivity contribution in [3.05, 3.63) is 90.3 Å². The third-order valence-electron chi connectivity index (χ3n) is 6.72. The number of nitrogens with zero attached hydrogens (tertiary/aromatic N) is 4. The molecule has 43 heavy (non-hydrogen) atoms. The fourth-order valence-corrected chi connectivity index (χ4v) is 6.88. The third-order valence-corrected chi connectivity index (χ3v) is 9.56. The molecule has 1 aliphatic heterocycles. The Morgan fingerprint density at radius 2 is 1.63 bits per heavy atom. The van der Waals surface area contributed by atoms with Crippen molar-refractivity contribution in [2.45, 2.75) is 36.4 Å². The zero-order chi connectivity index (χ0) is 30.2. The molecule has 5 rings (SSSR count). The van der Waals surface area contributed by atoms with Crippen LogP contribution in [0.15, 0.2) is 88.9 Å². The van der Waals surface area contributed by atoms with Crippen molar-refractivity contribution in [1.29, 1.82) is 0 Å². The van der Waals surface area contributed by atoms with E-state index in [1.54, 1.807) is 28.8 Å². The van der Waals surface area contributed by atoms with Crippen LogP contribution in [0.4, 0.5) is 5.69 Å². The number of carbonyl (C=O) groups excluding carboxylic acids is 2. The van der Waals surface area contributed by atoms with Gasteiger partial charge in [0.25, 0.3) is 5.91 Å². The molecule has 2 N–H and O–H groups in total. The molecule has 0 atom stereocenters. The second kappa shape index (κ2) is 13.8. The van der Waals surface area contributed by atoms with Crippen LogP contribution in [0, 0.1) is 0 Å². The lowest BCUT2D eigenvalue weighted by Gasteiger charge is -2.15. The molecule has 0 unspecified atom stereocenters. The molecule has 224 valence electrons. The number of carbonyl (C=O) groups is 2. The summed E-state index contributed by atoms with van der Waals surface area (Å²) < 4.78 is 34.3. The Morgan fingerprint density at radius 1 is 0.930 bits per heavy atom. The summed E-state index contributed by atoms with van der Waals surface area (Å²) in [5.74, 6) is 0.714. The van der Waals surface area contributed by atoms with Gasteiger partial charge in [-0.1, -0.05) is 30.0 Å². The Hall–Kier alpha value is -4.20. The van der Waals surface area contributed by atoms with Gasteiger partial charge in [0.05, 0.1) is 23.8 Å². The fourth-order valence-electron chi connectivity index (χ4n) is 4.59. The maximum absolute atomic E-state index is 12.9. The third kappa shape index (κ3) is 7.42. The van der Waals surface area contributed by atoms with Crippen molar-refractivity contribution in [2.24, 2.45) is 0 Å². The van der Waals surface area contributed by atoms with Gasteiger partial charge in [-0.15, -0.1) is 10.2 Å². The maximum atomic E-state index is 12.9. The van der Waals surface area contributed by atoms with E-state index in [0.29, 0.717) is 41.9 Å². The van der Waals surface area contributed by atoms with Crippen molar-refractivity contribution >= 4 is 39.3 Å². The number of nitrogens with one attached hydrogen (secondary N) is 2. The highest BCUT2D eigenvalue weighted by molar-refractivity contribution is 7.99. The van der Waals surface area contributed by atoms with Crippen LogP contribution in [-0.2, 0) is 21.4 Å². The van der Waals surface area contributed by atoms with Crippen LogP contribution < -0.4 is 15.4 Å². The quantitative estimate of drug-likeness (QED) is 0.226. The minimum absolute atomic E-state index is 0.0630. The molecular weight excluding hydrogens is 589 g/mol. The number of thioether (sulfide) groups is 1. The molecule has 1 aliphatic rings. The molecule has 0 spiro atoms. The molecule has 0 saturated carbocycles. The zero-order valence-electron chi connectivity index (χ0n) is 23.6. The zero-order valence-corrected chi connectivity index (χ0v) is 25.2. The lowest BCUT2D eigenvalue weighted by atomic mass is 10.2. The van der Waals surface area contributed by atoms with E-state index >= 15 is 0 Å². The van der Waals surface area contributed by atoms with Crippen molar-refractivity contribution in [1.82, 2.24) is 24.4 Å². The summed E-state index contributed by atoms with van der Waals surface area (Å²) in [5.41, 5.74) is 1.76. The molecule has 4 aromatic rings. The van der Waals surface area contributed by atoms with Gasteiger partial charge in [-0.2, -0.15) is 4.31 Å². The Balaban J connectivity index is 1.24. The highest BCUT2D eigenvalue weighted by Gasteiger charge is 2.27. The monoisotopic (exact) mass is 620 g/mol. The normalized spacial score (nSPS) is 13.5. The van der Waals surface area contributed by atoms with Crippen molar-refractivity contribution in [3.8, 4) is 11.4 Å². The molecule has 0 aliphatic carbocycles. The topological polar surface area (TPSA) is 136 Å². The molecular formula is C30H32N6O5S2. The molecule has 1 aromatic heterocycles. The van der Waals surface area contributed by atoms with E-state index in [1.165, 1.54) is 40.3 Å². The van der Waals surface area contributed by atoms with E-state index in [1.807, 2.05) is 37.3 Å². The van der Waals surface area contributed by atoms with Crippen LogP contribution in [0.1, 0.15) is 35.9 Å². The molecule has 0 bridgehead atoms. The number of benzene rings is 3. The van der Waals surface area contributed by atoms with Gasteiger partial charge in [0.2, 0.25) is 15.9 Å². The van der Waals surface area contributed by atoms with Gasteiger partial charge in [0.1, 0.15) is 5.75 Å². The average Bonchev–Trinajstić information content (AvgIpc) is 3.72. The number of amides is 2. The van der Waals surface area contributed by atoms with Crippen LogP contribution in [0.5, 0.6) is 5.75 Å². The fraction of sp³-hybridized carbons (Fsp3) is 0.267. The number of aromatic nitrogens is 3. The summed E-state index contributed by atoms with van der Waals surface area (Å²) >= 11 is 1.23. The predicted octanol–water partition coefficient (Wildman–Crippen LogP) is 4.11. The number of hydrogen-bond donors (Lipinski definition) is 2. The van der Waals surface area contributed by atoms with E-state index in [0.717, 1.165) is 24.3 Å². The van der Waals surface area contributed by atoms with Crippen LogP contribution in [-0.4, -0.2) is 64.8 Å². The Morgan fingerprint density at radius 3 is 2.30 bits per heavy atom. The van der Waals surface area contributed by atoms with Gasteiger partial charge in [0.15, 0.2) is 11.0 Å². The van der Waals surface area contributed by atoms with E-state index in [4.69, 9.17) is 4.74 Å². The molecule has 2 amide bonds.